The number of hydrogen-bond acceptors (Lipinski definition) is 6. The number of aryl methyl sites for hydroxylation is 1. The van der Waals surface area contributed by atoms with E-state index in [1.54, 1.807) is 14.2 Å². The van der Waals surface area contributed by atoms with Crippen LogP contribution >= 0.6 is 11.3 Å². The summed E-state index contributed by atoms with van der Waals surface area (Å²) in [5.41, 5.74) is 1.57. The number of carbonyl (C=O) groups is 1. The van der Waals surface area contributed by atoms with Crippen molar-refractivity contribution in [3.63, 3.8) is 0 Å². The summed E-state index contributed by atoms with van der Waals surface area (Å²) >= 11 is 1.34. The number of rotatable bonds is 8. The lowest BCUT2D eigenvalue weighted by atomic mass is 10.2. The van der Waals surface area contributed by atoms with E-state index in [1.807, 2.05) is 25.1 Å². The Morgan fingerprint density at radius 2 is 2.03 bits per heavy atom. The van der Waals surface area contributed by atoms with Crippen molar-refractivity contribution in [2.75, 3.05) is 39.3 Å². The first-order valence-electron chi connectivity index (χ1n) is 9.43. The van der Waals surface area contributed by atoms with Gasteiger partial charge in [-0.2, -0.15) is 0 Å². The van der Waals surface area contributed by atoms with E-state index in [4.69, 9.17) is 14.2 Å². The van der Waals surface area contributed by atoms with Gasteiger partial charge in [-0.1, -0.05) is 17.3 Å². The Labute approximate surface area is 174 Å². The molecule has 8 heteroatoms. The molecular weight excluding hydrogens is 390 g/mol. The van der Waals surface area contributed by atoms with Gasteiger partial charge in [0.15, 0.2) is 16.6 Å². The molecule has 29 heavy (non-hydrogen) atoms. The van der Waals surface area contributed by atoms with Crippen molar-refractivity contribution in [2.45, 2.75) is 19.8 Å². The third kappa shape index (κ3) is 6.38. The molecule has 2 N–H and O–H groups in total. The fourth-order valence-electron chi connectivity index (χ4n) is 2.52. The molecule has 154 valence electrons. The summed E-state index contributed by atoms with van der Waals surface area (Å²) < 4.78 is 16.0. The van der Waals surface area contributed by atoms with E-state index < -0.39 is 0 Å². The van der Waals surface area contributed by atoms with Gasteiger partial charge in [-0.15, -0.1) is 0 Å². The number of nitrogens with zero attached hydrogens (tertiary/aromatic N) is 1. The Morgan fingerprint density at radius 1 is 1.24 bits per heavy atom. The minimum atomic E-state index is -0.298. The zero-order valence-corrected chi connectivity index (χ0v) is 17.6. The molecule has 2 amide bonds. The summed E-state index contributed by atoms with van der Waals surface area (Å²) in [5, 5.41) is 6.02. The molecule has 1 saturated carbocycles. The monoisotopic (exact) mass is 415 g/mol. The fraction of sp³-hybridized carbons (Fsp3) is 0.429. The minimum Gasteiger partial charge on any atom is -0.493 e. The number of amides is 2. The van der Waals surface area contributed by atoms with Crippen LogP contribution in [0.1, 0.15) is 29.0 Å². The van der Waals surface area contributed by atoms with Crippen molar-refractivity contribution >= 4 is 22.5 Å². The molecule has 1 aromatic carbocycles. The Hall–Kier alpha value is -2.76. The largest absolute Gasteiger partial charge is 0.493 e. The molecule has 7 nitrogen and oxygen atoms in total. The van der Waals surface area contributed by atoms with Crippen LogP contribution in [0.4, 0.5) is 9.93 Å². The summed E-state index contributed by atoms with van der Waals surface area (Å²) in [4.78, 5) is 17.1. The van der Waals surface area contributed by atoms with Gasteiger partial charge in [0.1, 0.15) is 4.88 Å². The molecule has 2 aromatic rings. The van der Waals surface area contributed by atoms with Gasteiger partial charge in [-0.05, 0) is 49.8 Å². The average molecular weight is 416 g/mol. The topological polar surface area (TPSA) is 81.7 Å². The Bertz CT molecular complexity index is 912. The van der Waals surface area contributed by atoms with Crippen molar-refractivity contribution in [3.05, 3.63) is 34.3 Å². The first-order valence-corrected chi connectivity index (χ1v) is 10.2. The smallest absolute Gasteiger partial charge is 0.321 e. The van der Waals surface area contributed by atoms with Gasteiger partial charge in [0, 0.05) is 18.7 Å². The lowest BCUT2D eigenvalue weighted by Crippen LogP contribution is -2.31. The number of urea groups is 1. The zero-order valence-electron chi connectivity index (χ0n) is 16.8. The van der Waals surface area contributed by atoms with Gasteiger partial charge in [-0.25, -0.2) is 9.78 Å². The van der Waals surface area contributed by atoms with Crippen molar-refractivity contribution in [3.8, 4) is 23.3 Å². The van der Waals surface area contributed by atoms with Crippen molar-refractivity contribution < 1.29 is 19.0 Å². The molecule has 0 saturated heterocycles. The molecule has 0 radical (unpaired) electrons. The molecule has 1 aliphatic carbocycles. The Kier molecular flexibility index (Phi) is 7.33. The number of carbonyl (C=O) groups excluding carboxylic acids is 1. The third-order valence-corrected chi connectivity index (χ3v) is 5.29. The first kappa shape index (κ1) is 21.0. The lowest BCUT2D eigenvalue weighted by molar-refractivity contribution is 0.127. The molecule has 1 aromatic heterocycles. The highest BCUT2D eigenvalue weighted by Crippen LogP contribution is 2.29. The standard InChI is InChI=1S/C21H25N3O4S/c1-14-19(9-7-15-6-8-17(26-2)18(12-15)27-3)29-21(23-14)24-20(25)22-10-11-28-13-16-4-5-16/h6,8,12,16H,4-5,10-11,13H2,1-3H3,(H2,22,23,24,25). The molecule has 0 aliphatic heterocycles. The first-order chi connectivity index (χ1) is 14.1. The van der Waals surface area contributed by atoms with Crippen LogP contribution < -0.4 is 20.1 Å². The number of anilines is 1. The van der Waals surface area contributed by atoms with Crippen LogP contribution in [0.25, 0.3) is 0 Å². The summed E-state index contributed by atoms with van der Waals surface area (Å²) in [7, 11) is 3.18. The molecule has 1 fully saturated rings. The number of hydrogen-bond donors (Lipinski definition) is 2. The van der Waals surface area contributed by atoms with Crippen molar-refractivity contribution in [2.24, 2.45) is 5.92 Å². The maximum absolute atomic E-state index is 12.0. The number of benzene rings is 1. The summed E-state index contributed by atoms with van der Waals surface area (Å²) in [6, 6.07) is 5.20. The zero-order chi connectivity index (χ0) is 20.6. The average Bonchev–Trinajstić information content (AvgIpc) is 3.48. The van der Waals surface area contributed by atoms with E-state index in [2.05, 4.69) is 27.5 Å². The van der Waals surface area contributed by atoms with Gasteiger partial charge in [0.2, 0.25) is 0 Å². The lowest BCUT2D eigenvalue weighted by Gasteiger charge is -2.06. The molecule has 0 unspecified atom stereocenters. The van der Waals surface area contributed by atoms with Crippen LogP contribution in [0, 0.1) is 24.7 Å². The van der Waals surface area contributed by atoms with Crippen LogP contribution in [0.2, 0.25) is 0 Å². The molecule has 0 spiro atoms. The maximum atomic E-state index is 12.0. The van der Waals surface area contributed by atoms with Crippen LogP contribution in [0.3, 0.4) is 0 Å². The second-order valence-corrected chi connectivity index (χ2v) is 7.65. The molecule has 0 bridgehead atoms. The third-order valence-electron chi connectivity index (χ3n) is 4.30. The maximum Gasteiger partial charge on any atom is 0.321 e. The van der Waals surface area contributed by atoms with E-state index >= 15 is 0 Å². The van der Waals surface area contributed by atoms with E-state index in [0.29, 0.717) is 29.8 Å². The molecule has 1 aliphatic rings. The second-order valence-electron chi connectivity index (χ2n) is 6.65. The quantitative estimate of drug-likeness (QED) is 0.510. The minimum absolute atomic E-state index is 0.298. The van der Waals surface area contributed by atoms with Gasteiger partial charge in [0.25, 0.3) is 0 Å². The van der Waals surface area contributed by atoms with Gasteiger partial charge >= 0.3 is 6.03 Å². The van der Waals surface area contributed by atoms with Crippen molar-refractivity contribution in [1.82, 2.24) is 10.3 Å². The SMILES string of the molecule is COc1ccc(C#Cc2sc(NC(=O)NCCOCC3CC3)nc2C)cc1OC. The molecule has 1 heterocycles. The fourth-order valence-corrected chi connectivity index (χ4v) is 3.34. The second kappa shape index (κ2) is 10.1. The van der Waals surface area contributed by atoms with Gasteiger partial charge in [0.05, 0.1) is 26.5 Å². The number of nitrogens with one attached hydrogen (secondary N) is 2. The van der Waals surface area contributed by atoms with Crippen LogP contribution in [-0.4, -0.2) is 45.0 Å². The Morgan fingerprint density at radius 3 is 2.76 bits per heavy atom. The highest BCUT2D eigenvalue weighted by atomic mass is 32.1. The number of ether oxygens (including phenoxy) is 3. The Balaban J connectivity index is 1.53. The van der Waals surface area contributed by atoms with Crippen molar-refractivity contribution in [1.29, 1.82) is 0 Å². The summed E-state index contributed by atoms with van der Waals surface area (Å²) in [5.74, 6) is 8.21. The van der Waals surface area contributed by atoms with E-state index in [-0.39, 0.29) is 6.03 Å². The predicted molar refractivity (Wildman–Crippen MR) is 113 cm³/mol. The number of thiazole rings is 1. The highest BCUT2D eigenvalue weighted by molar-refractivity contribution is 7.16. The van der Waals surface area contributed by atoms with E-state index in [1.165, 1.54) is 24.2 Å². The predicted octanol–water partition coefficient (Wildman–Crippen LogP) is 3.42. The highest BCUT2D eigenvalue weighted by Gasteiger charge is 2.20. The van der Waals surface area contributed by atoms with Crippen LogP contribution in [0.5, 0.6) is 11.5 Å². The van der Waals surface area contributed by atoms with Gasteiger partial charge < -0.3 is 19.5 Å². The number of methoxy groups -OCH3 is 2. The molecular formula is C21H25N3O4S. The number of aromatic nitrogens is 1. The van der Waals surface area contributed by atoms with E-state index in [0.717, 1.165) is 28.7 Å². The van der Waals surface area contributed by atoms with E-state index in [9.17, 15) is 4.79 Å². The summed E-state index contributed by atoms with van der Waals surface area (Å²) in [6.07, 6.45) is 2.52. The molecule has 3 rings (SSSR count). The molecule has 0 atom stereocenters. The normalized spacial score (nSPS) is 12.7. The van der Waals surface area contributed by atoms with Crippen LogP contribution in [-0.2, 0) is 4.74 Å². The van der Waals surface area contributed by atoms with Gasteiger partial charge in [-0.3, -0.25) is 5.32 Å². The van der Waals surface area contributed by atoms with Crippen LogP contribution in [0.15, 0.2) is 18.2 Å². The summed E-state index contributed by atoms with van der Waals surface area (Å²) in [6.45, 7) is 3.64.